The Balaban J connectivity index is 2.26. The molecule has 0 saturated heterocycles. The summed E-state index contributed by atoms with van der Waals surface area (Å²) >= 11 is 1.44. The van der Waals surface area contributed by atoms with Gasteiger partial charge in [-0.05, 0) is 31.9 Å². The van der Waals surface area contributed by atoms with Crippen LogP contribution in [0.25, 0.3) is 0 Å². The van der Waals surface area contributed by atoms with Crippen molar-refractivity contribution in [3.05, 3.63) is 17.3 Å². The van der Waals surface area contributed by atoms with Gasteiger partial charge in [-0.25, -0.2) is 4.98 Å². The lowest BCUT2D eigenvalue weighted by Gasteiger charge is -2.29. The highest BCUT2D eigenvalue weighted by molar-refractivity contribution is 8.00. The molecule has 20 heavy (non-hydrogen) atoms. The van der Waals surface area contributed by atoms with Crippen LogP contribution in [-0.2, 0) is 9.59 Å². The number of anilines is 1. The first-order chi connectivity index (χ1) is 9.52. The molecule has 2 heterocycles. The minimum atomic E-state index is -0.127. The number of carbonyl (C=O) groups excluding carboxylic acids is 2. The summed E-state index contributed by atoms with van der Waals surface area (Å²) in [5.41, 5.74) is 2.69. The van der Waals surface area contributed by atoms with Crippen LogP contribution in [0.15, 0.2) is 11.1 Å². The van der Waals surface area contributed by atoms with E-state index in [0.29, 0.717) is 12.3 Å². The van der Waals surface area contributed by atoms with Crippen LogP contribution in [0.2, 0.25) is 0 Å². The molecule has 2 amide bonds. The fourth-order valence-electron chi connectivity index (χ4n) is 2.19. The third-order valence-corrected chi connectivity index (χ3v) is 4.01. The van der Waals surface area contributed by atoms with E-state index in [1.807, 2.05) is 26.8 Å². The first kappa shape index (κ1) is 14.8. The maximum atomic E-state index is 12.1. The summed E-state index contributed by atoms with van der Waals surface area (Å²) in [7, 11) is 0. The molecular weight excluding hydrogens is 274 g/mol. The van der Waals surface area contributed by atoms with E-state index in [0.717, 1.165) is 28.4 Å². The van der Waals surface area contributed by atoms with Gasteiger partial charge in [0.1, 0.15) is 11.6 Å². The number of hydrogen-bond donors (Lipinski definition) is 1. The van der Waals surface area contributed by atoms with E-state index in [1.54, 1.807) is 4.90 Å². The molecular formula is C14H19N3O2S. The molecule has 1 aromatic rings. The molecule has 0 radical (unpaired) electrons. The molecule has 108 valence electrons. The van der Waals surface area contributed by atoms with Gasteiger partial charge in [-0.2, -0.15) is 0 Å². The second-order valence-electron chi connectivity index (χ2n) is 4.85. The van der Waals surface area contributed by atoms with E-state index < -0.39 is 0 Å². The predicted octanol–water partition coefficient (Wildman–Crippen LogP) is 1.66. The normalized spacial score (nSPS) is 14.2. The number of pyridine rings is 1. The molecule has 0 unspecified atom stereocenters. The van der Waals surface area contributed by atoms with Crippen molar-refractivity contribution in [1.29, 1.82) is 0 Å². The van der Waals surface area contributed by atoms with Crippen LogP contribution in [0.3, 0.4) is 0 Å². The molecule has 0 saturated carbocycles. The Morgan fingerprint density at radius 1 is 1.50 bits per heavy atom. The highest BCUT2D eigenvalue weighted by atomic mass is 32.2. The van der Waals surface area contributed by atoms with Crippen molar-refractivity contribution in [3.63, 3.8) is 0 Å². The first-order valence-corrected chi connectivity index (χ1v) is 7.69. The zero-order valence-corrected chi connectivity index (χ0v) is 12.8. The maximum Gasteiger partial charge on any atom is 0.240 e. The van der Waals surface area contributed by atoms with Crippen LogP contribution in [0.1, 0.15) is 24.6 Å². The first-order valence-electron chi connectivity index (χ1n) is 6.71. The molecule has 0 atom stereocenters. The Morgan fingerprint density at radius 2 is 2.25 bits per heavy atom. The van der Waals surface area contributed by atoms with Gasteiger partial charge in [0.25, 0.3) is 0 Å². The van der Waals surface area contributed by atoms with Gasteiger partial charge < -0.3 is 5.32 Å². The second kappa shape index (κ2) is 6.26. The fraction of sp³-hybridized carbons (Fsp3) is 0.500. The standard InChI is InChI=1S/C14H19N3O2S/c1-4-5-15-11(18)7-17-12(19)8-20-14-13(17)9(2)6-10(3)16-14/h6H,4-5,7-8H2,1-3H3,(H,15,18). The molecule has 6 heteroatoms. The van der Waals surface area contributed by atoms with Gasteiger partial charge in [0, 0.05) is 12.2 Å². The van der Waals surface area contributed by atoms with Crippen molar-refractivity contribution < 1.29 is 9.59 Å². The average molecular weight is 293 g/mol. The molecule has 0 spiro atoms. The van der Waals surface area contributed by atoms with E-state index >= 15 is 0 Å². The van der Waals surface area contributed by atoms with Crippen LogP contribution in [0, 0.1) is 13.8 Å². The van der Waals surface area contributed by atoms with Crippen LogP contribution >= 0.6 is 11.8 Å². The molecule has 0 aromatic carbocycles. The lowest BCUT2D eigenvalue weighted by Crippen LogP contribution is -2.44. The van der Waals surface area contributed by atoms with Gasteiger partial charge in [0.2, 0.25) is 11.8 Å². The van der Waals surface area contributed by atoms with Gasteiger partial charge in [-0.15, -0.1) is 0 Å². The summed E-state index contributed by atoms with van der Waals surface area (Å²) in [5.74, 6) is 0.171. The Morgan fingerprint density at radius 3 is 2.95 bits per heavy atom. The Bertz CT molecular complexity index is 545. The molecule has 0 aliphatic carbocycles. The van der Waals surface area contributed by atoms with E-state index in [9.17, 15) is 9.59 Å². The smallest absolute Gasteiger partial charge is 0.240 e. The zero-order valence-electron chi connectivity index (χ0n) is 12.0. The van der Waals surface area contributed by atoms with Crippen molar-refractivity contribution in [3.8, 4) is 0 Å². The number of amides is 2. The number of aromatic nitrogens is 1. The number of thioether (sulfide) groups is 1. The number of rotatable bonds is 4. The van der Waals surface area contributed by atoms with Crippen molar-refractivity contribution in [1.82, 2.24) is 10.3 Å². The van der Waals surface area contributed by atoms with E-state index in [1.165, 1.54) is 11.8 Å². The Hall–Kier alpha value is -1.56. The van der Waals surface area contributed by atoms with Crippen molar-refractivity contribution in [2.24, 2.45) is 0 Å². The number of aryl methyl sites for hydroxylation is 2. The molecule has 5 nitrogen and oxygen atoms in total. The molecule has 1 aromatic heterocycles. The molecule has 0 fully saturated rings. The van der Waals surface area contributed by atoms with E-state index in [4.69, 9.17) is 0 Å². The number of nitrogens with one attached hydrogen (secondary N) is 1. The summed E-state index contributed by atoms with van der Waals surface area (Å²) < 4.78 is 0. The molecule has 1 N–H and O–H groups in total. The number of fused-ring (bicyclic) bond motifs is 1. The number of hydrogen-bond acceptors (Lipinski definition) is 4. The fourth-order valence-corrected chi connectivity index (χ4v) is 3.22. The summed E-state index contributed by atoms with van der Waals surface area (Å²) in [5, 5.41) is 3.64. The molecule has 1 aliphatic heterocycles. The lowest BCUT2D eigenvalue weighted by atomic mass is 10.2. The summed E-state index contributed by atoms with van der Waals surface area (Å²) in [4.78, 5) is 30.0. The van der Waals surface area contributed by atoms with Crippen LogP contribution in [0.4, 0.5) is 5.69 Å². The van der Waals surface area contributed by atoms with Crippen molar-refractivity contribution in [2.75, 3.05) is 23.7 Å². The highest BCUT2D eigenvalue weighted by Crippen LogP contribution is 2.36. The van der Waals surface area contributed by atoms with Crippen LogP contribution in [-0.4, -0.2) is 35.6 Å². The van der Waals surface area contributed by atoms with Gasteiger partial charge >= 0.3 is 0 Å². The quantitative estimate of drug-likeness (QED) is 0.917. The SMILES string of the molecule is CCCNC(=O)CN1C(=O)CSc2nc(C)cc(C)c21. The highest BCUT2D eigenvalue weighted by Gasteiger charge is 2.29. The second-order valence-corrected chi connectivity index (χ2v) is 5.82. The van der Waals surface area contributed by atoms with Crippen molar-refractivity contribution in [2.45, 2.75) is 32.2 Å². The summed E-state index contributed by atoms with van der Waals surface area (Å²) in [6.45, 7) is 6.58. The number of nitrogens with zero attached hydrogens (tertiary/aromatic N) is 2. The topological polar surface area (TPSA) is 62.3 Å². The summed E-state index contributed by atoms with van der Waals surface area (Å²) in [6.07, 6.45) is 0.881. The average Bonchev–Trinajstić information content (AvgIpc) is 2.39. The zero-order chi connectivity index (χ0) is 14.7. The third-order valence-electron chi connectivity index (χ3n) is 3.06. The Labute approximate surface area is 123 Å². The molecule has 1 aliphatic rings. The van der Waals surface area contributed by atoms with E-state index in [2.05, 4.69) is 10.3 Å². The van der Waals surface area contributed by atoms with Gasteiger partial charge in [0.05, 0.1) is 11.4 Å². The van der Waals surface area contributed by atoms with Crippen LogP contribution < -0.4 is 10.2 Å². The molecule has 2 rings (SSSR count). The minimum Gasteiger partial charge on any atom is -0.355 e. The largest absolute Gasteiger partial charge is 0.355 e. The summed E-state index contributed by atoms with van der Waals surface area (Å²) in [6, 6.07) is 1.94. The van der Waals surface area contributed by atoms with Gasteiger partial charge in [-0.1, -0.05) is 18.7 Å². The van der Waals surface area contributed by atoms with Crippen molar-refractivity contribution >= 4 is 29.3 Å². The number of carbonyl (C=O) groups is 2. The monoisotopic (exact) mass is 293 g/mol. The third kappa shape index (κ3) is 3.12. The predicted molar refractivity (Wildman–Crippen MR) is 80.1 cm³/mol. The van der Waals surface area contributed by atoms with E-state index in [-0.39, 0.29) is 18.4 Å². The van der Waals surface area contributed by atoms with Gasteiger partial charge in [-0.3, -0.25) is 14.5 Å². The van der Waals surface area contributed by atoms with Crippen LogP contribution in [0.5, 0.6) is 0 Å². The lowest BCUT2D eigenvalue weighted by molar-refractivity contribution is -0.123. The van der Waals surface area contributed by atoms with Gasteiger partial charge in [0.15, 0.2) is 0 Å². The minimum absolute atomic E-state index is 0.0390. The Kier molecular flexibility index (Phi) is 4.65. The maximum absolute atomic E-state index is 12.1. The molecule has 0 bridgehead atoms.